The molecule has 4 aromatic carbocycles. The zero-order valence-electron chi connectivity index (χ0n) is 32.3. The Morgan fingerprint density at radius 1 is 0.698 bits per heavy atom. The fraction of sp³-hybridized carbons (Fsp3) is 0.489. The lowest BCUT2D eigenvalue weighted by Gasteiger charge is -2.38. The zero-order chi connectivity index (χ0) is 37.2. The summed E-state index contributed by atoms with van der Waals surface area (Å²) >= 11 is 12.2. The summed E-state index contributed by atoms with van der Waals surface area (Å²) in [4.78, 5) is 2.45. The van der Waals surface area contributed by atoms with Crippen LogP contribution >= 0.6 is 23.2 Å². The summed E-state index contributed by atoms with van der Waals surface area (Å²) < 4.78 is 13.5. The van der Waals surface area contributed by atoms with Crippen molar-refractivity contribution in [1.29, 1.82) is 0 Å². The molecule has 53 heavy (non-hydrogen) atoms. The minimum atomic E-state index is 0.213. The molecule has 0 spiro atoms. The zero-order valence-corrected chi connectivity index (χ0v) is 33.8. The van der Waals surface area contributed by atoms with Gasteiger partial charge in [0.15, 0.2) is 0 Å². The summed E-state index contributed by atoms with van der Waals surface area (Å²) in [5.74, 6) is 5.01. The van der Waals surface area contributed by atoms with E-state index in [4.69, 9.17) is 32.7 Å². The minimum absolute atomic E-state index is 0.213. The lowest BCUT2D eigenvalue weighted by molar-refractivity contribution is 0.0688. The lowest BCUT2D eigenvalue weighted by atomic mass is 9.72. The molecule has 6 heteroatoms. The number of hydrogen-bond acceptors (Lipinski definition) is 4. The maximum atomic E-state index is 6.77. The maximum absolute atomic E-state index is 6.77. The minimum Gasteiger partial charge on any atom is -0.490 e. The Kier molecular flexibility index (Phi) is 14.6. The summed E-state index contributed by atoms with van der Waals surface area (Å²) in [5, 5.41) is 5.30. The quantitative estimate of drug-likeness (QED) is 0.123. The Morgan fingerprint density at radius 3 is 2.09 bits per heavy atom. The summed E-state index contributed by atoms with van der Waals surface area (Å²) in [6, 6.07) is 33.9. The van der Waals surface area contributed by atoms with E-state index in [1.807, 2.05) is 24.3 Å². The molecule has 0 radical (unpaired) electrons. The molecule has 4 nitrogen and oxygen atoms in total. The number of halogens is 2. The number of hydrogen-bond donors (Lipinski definition) is 1. The molecule has 0 heterocycles. The molecule has 2 aliphatic carbocycles. The first kappa shape index (κ1) is 39.7. The highest BCUT2D eigenvalue weighted by atomic mass is 35.5. The molecule has 0 aliphatic heterocycles. The SMILES string of the molecule is Cc1cccc(O[C@@H]2CC(Cc3cccc(O[C@@H]4CCC[C@H](C(C)CN(C)Cc5ccc(Cl)cc5)C4)c3)C[C@H](C(C)CNCc3ccc(Cl)cc3)C2)c1. The van der Waals surface area contributed by atoms with Gasteiger partial charge < -0.3 is 19.7 Å². The van der Waals surface area contributed by atoms with Gasteiger partial charge in [-0.2, -0.15) is 0 Å². The smallest absolute Gasteiger partial charge is 0.119 e. The van der Waals surface area contributed by atoms with Crippen molar-refractivity contribution in [1.82, 2.24) is 10.2 Å². The number of ether oxygens (including phenoxy) is 2. The van der Waals surface area contributed by atoms with Crippen molar-refractivity contribution in [2.75, 3.05) is 20.1 Å². The van der Waals surface area contributed by atoms with Crippen molar-refractivity contribution in [3.05, 3.63) is 129 Å². The van der Waals surface area contributed by atoms with E-state index >= 15 is 0 Å². The Balaban J connectivity index is 1.04. The number of nitrogens with one attached hydrogen (secondary N) is 1. The number of aryl methyl sites for hydroxylation is 1. The third kappa shape index (κ3) is 12.5. The van der Waals surface area contributed by atoms with Crippen molar-refractivity contribution in [2.24, 2.45) is 29.6 Å². The van der Waals surface area contributed by atoms with E-state index in [0.29, 0.717) is 29.6 Å². The number of benzene rings is 4. The molecule has 0 aromatic heterocycles. The van der Waals surface area contributed by atoms with Crippen LogP contribution in [0.3, 0.4) is 0 Å². The van der Waals surface area contributed by atoms with Crippen LogP contribution in [0.5, 0.6) is 11.5 Å². The van der Waals surface area contributed by atoms with Gasteiger partial charge in [-0.05, 0) is 172 Å². The second-order valence-electron chi connectivity index (χ2n) is 16.4. The number of nitrogens with zero attached hydrogens (tertiary/aromatic N) is 1. The Morgan fingerprint density at radius 2 is 1.36 bits per heavy atom. The molecule has 7 atom stereocenters. The van der Waals surface area contributed by atoms with Crippen LogP contribution in [0.1, 0.15) is 81.0 Å². The molecule has 6 rings (SSSR count). The Hall–Kier alpha value is -3.02. The van der Waals surface area contributed by atoms with Gasteiger partial charge in [0.1, 0.15) is 11.5 Å². The first-order chi connectivity index (χ1) is 25.6. The van der Waals surface area contributed by atoms with Gasteiger partial charge >= 0.3 is 0 Å². The van der Waals surface area contributed by atoms with Crippen molar-refractivity contribution < 1.29 is 9.47 Å². The summed E-state index contributed by atoms with van der Waals surface area (Å²) in [5.41, 5.74) is 5.19. The van der Waals surface area contributed by atoms with Gasteiger partial charge in [-0.15, -0.1) is 0 Å². The monoisotopic (exact) mass is 754 g/mol. The second-order valence-corrected chi connectivity index (χ2v) is 17.3. The first-order valence-corrected chi connectivity index (χ1v) is 20.8. The fourth-order valence-electron chi connectivity index (χ4n) is 8.93. The van der Waals surface area contributed by atoms with Crippen LogP contribution in [0.4, 0.5) is 0 Å². The molecule has 1 N–H and O–H groups in total. The van der Waals surface area contributed by atoms with E-state index in [-0.39, 0.29) is 12.2 Å². The third-order valence-electron chi connectivity index (χ3n) is 11.8. The first-order valence-electron chi connectivity index (χ1n) is 20.0. The van der Waals surface area contributed by atoms with E-state index < -0.39 is 0 Å². The van der Waals surface area contributed by atoms with Crippen molar-refractivity contribution in [2.45, 2.75) is 97.4 Å². The molecule has 0 amide bonds. The Bertz CT molecular complexity index is 1700. The van der Waals surface area contributed by atoms with Gasteiger partial charge in [-0.25, -0.2) is 0 Å². The lowest BCUT2D eigenvalue weighted by Crippen LogP contribution is -2.37. The standard InChI is InChI=1S/C47H60Cl2N2O2/c1-33-8-5-11-44(22-33)53-47-26-39(24-41(28-47)34(2)29-50-30-36-14-18-42(48)19-15-36)23-38-9-6-12-45(25-38)52-46-13-7-10-40(27-46)35(3)31-51(4)32-37-16-20-43(49)21-17-37/h5-6,8-9,11-12,14-22,25,34-35,39-41,46-47,50H,7,10,13,23-24,26-32H2,1-4H3/t34?,35?,39?,40-,41-,46+,47+/m0/s1. The van der Waals surface area contributed by atoms with Gasteiger partial charge in [0, 0.05) is 29.7 Å². The topological polar surface area (TPSA) is 33.7 Å². The number of rotatable bonds is 16. The highest BCUT2D eigenvalue weighted by Gasteiger charge is 2.33. The Labute approximate surface area is 329 Å². The van der Waals surface area contributed by atoms with Gasteiger partial charge in [0.25, 0.3) is 0 Å². The van der Waals surface area contributed by atoms with Crippen LogP contribution in [-0.4, -0.2) is 37.2 Å². The van der Waals surface area contributed by atoms with Crippen molar-refractivity contribution in [3.63, 3.8) is 0 Å². The molecule has 0 saturated heterocycles. The maximum Gasteiger partial charge on any atom is 0.119 e. The highest BCUT2D eigenvalue weighted by Crippen LogP contribution is 2.39. The van der Waals surface area contributed by atoms with Crippen LogP contribution in [-0.2, 0) is 19.5 Å². The van der Waals surface area contributed by atoms with Crippen LogP contribution < -0.4 is 14.8 Å². The van der Waals surface area contributed by atoms with E-state index in [2.05, 4.69) is 111 Å². The van der Waals surface area contributed by atoms with Gasteiger partial charge in [-0.1, -0.05) is 85.6 Å². The van der Waals surface area contributed by atoms with Gasteiger partial charge in [-0.3, -0.25) is 0 Å². The van der Waals surface area contributed by atoms with Crippen LogP contribution in [0.2, 0.25) is 10.0 Å². The molecular formula is C47H60Cl2N2O2. The molecule has 2 aliphatic rings. The molecule has 3 unspecified atom stereocenters. The van der Waals surface area contributed by atoms with Crippen molar-refractivity contribution in [3.8, 4) is 11.5 Å². The van der Waals surface area contributed by atoms with Crippen LogP contribution in [0, 0.1) is 36.5 Å². The fourth-order valence-corrected chi connectivity index (χ4v) is 9.18. The van der Waals surface area contributed by atoms with E-state index in [0.717, 1.165) is 79.8 Å². The highest BCUT2D eigenvalue weighted by molar-refractivity contribution is 6.30. The summed E-state index contributed by atoms with van der Waals surface area (Å²) in [6.07, 6.45) is 9.73. The van der Waals surface area contributed by atoms with E-state index in [1.54, 1.807) is 0 Å². The molecule has 2 saturated carbocycles. The van der Waals surface area contributed by atoms with Gasteiger partial charge in [0.05, 0.1) is 12.2 Å². The van der Waals surface area contributed by atoms with E-state index in [9.17, 15) is 0 Å². The predicted octanol–water partition coefficient (Wildman–Crippen LogP) is 11.8. The average molecular weight is 756 g/mol. The predicted molar refractivity (Wildman–Crippen MR) is 222 cm³/mol. The molecule has 284 valence electrons. The van der Waals surface area contributed by atoms with Gasteiger partial charge in [0.2, 0.25) is 0 Å². The summed E-state index contributed by atoms with van der Waals surface area (Å²) in [7, 11) is 2.24. The molecule has 0 bridgehead atoms. The van der Waals surface area contributed by atoms with Crippen LogP contribution in [0.15, 0.2) is 97.1 Å². The normalized spacial score (nSPS) is 23.0. The largest absolute Gasteiger partial charge is 0.490 e. The molecular weight excluding hydrogens is 695 g/mol. The molecule has 2 fully saturated rings. The van der Waals surface area contributed by atoms with Crippen molar-refractivity contribution >= 4 is 23.2 Å². The molecule has 4 aromatic rings. The second kappa shape index (κ2) is 19.5. The summed E-state index contributed by atoms with van der Waals surface area (Å²) in [6.45, 7) is 10.9. The third-order valence-corrected chi connectivity index (χ3v) is 12.3. The van der Waals surface area contributed by atoms with Crippen LogP contribution in [0.25, 0.3) is 0 Å². The van der Waals surface area contributed by atoms with E-state index in [1.165, 1.54) is 41.5 Å². The average Bonchev–Trinajstić information content (AvgIpc) is 3.13.